The number of benzene rings is 1. The number of amides is 1. The molecule has 1 aromatic rings. The monoisotopic (exact) mass is 399 g/mol. The van der Waals surface area contributed by atoms with E-state index in [9.17, 15) is 18.0 Å². The van der Waals surface area contributed by atoms with Gasteiger partial charge in [0.05, 0.1) is 6.04 Å². The van der Waals surface area contributed by atoms with Gasteiger partial charge in [-0.1, -0.05) is 18.2 Å². The van der Waals surface area contributed by atoms with Gasteiger partial charge in [-0.2, -0.15) is 13.2 Å². The van der Waals surface area contributed by atoms with Gasteiger partial charge in [-0.3, -0.25) is 9.69 Å². The van der Waals surface area contributed by atoms with Crippen molar-refractivity contribution in [3.8, 4) is 5.75 Å². The van der Waals surface area contributed by atoms with Crippen molar-refractivity contribution in [3.05, 3.63) is 29.8 Å². The average molecular weight is 399 g/mol. The Morgan fingerprint density at radius 2 is 2.07 bits per heavy atom. The average Bonchev–Trinajstić information content (AvgIpc) is 3.20. The highest BCUT2D eigenvalue weighted by molar-refractivity contribution is 5.81. The number of hydrogen-bond acceptors (Lipinski definition) is 4. The predicted molar refractivity (Wildman–Crippen MR) is 100 cm³/mol. The van der Waals surface area contributed by atoms with Crippen LogP contribution in [0.3, 0.4) is 0 Å². The molecule has 0 aliphatic carbocycles. The van der Waals surface area contributed by atoms with E-state index in [1.54, 1.807) is 12.1 Å². The number of ether oxygens (including phenoxy) is 1. The molecule has 1 aromatic carbocycles. The Bertz CT molecular complexity index is 648. The van der Waals surface area contributed by atoms with Crippen LogP contribution in [0.4, 0.5) is 13.2 Å². The zero-order valence-corrected chi connectivity index (χ0v) is 15.9. The largest absolute Gasteiger partial charge is 0.484 e. The summed E-state index contributed by atoms with van der Waals surface area (Å²) >= 11 is 0. The van der Waals surface area contributed by atoms with Crippen LogP contribution in [0, 0.1) is 5.92 Å². The molecule has 0 radical (unpaired) electrons. The smallest absolute Gasteiger partial charge is 0.422 e. The summed E-state index contributed by atoms with van der Waals surface area (Å²) in [6.45, 7) is 2.50. The van der Waals surface area contributed by atoms with Crippen molar-refractivity contribution in [2.75, 3.05) is 32.8 Å². The third-order valence-corrected chi connectivity index (χ3v) is 5.30. The Labute approximate surface area is 163 Å². The topological polar surface area (TPSA) is 53.6 Å². The van der Waals surface area contributed by atoms with Crippen LogP contribution in [-0.4, -0.2) is 55.8 Å². The van der Waals surface area contributed by atoms with E-state index in [0.29, 0.717) is 19.0 Å². The molecule has 8 heteroatoms. The van der Waals surface area contributed by atoms with Crippen molar-refractivity contribution < 1.29 is 22.7 Å². The zero-order chi connectivity index (χ0) is 20.0. The van der Waals surface area contributed by atoms with Crippen LogP contribution in [0.2, 0.25) is 0 Å². The third kappa shape index (κ3) is 6.38. The van der Waals surface area contributed by atoms with E-state index >= 15 is 0 Å². The van der Waals surface area contributed by atoms with Crippen molar-refractivity contribution in [2.24, 2.45) is 5.92 Å². The number of halogens is 3. The summed E-state index contributed by atoms with van der Waals surface area (Å²) in [4.78, 5) is 14.4. The number of likely N-dealkylation sites (tertiary alicyclic amines) is 1. The van der Waals surface area contributed by atoms with Gasteiger partial charge in [-0.25, -0.2) is 0 Å². The number of para-hydroxylation sites is 1. The van der Waals surface area contributed by atoms with Gasteiger partial charge in [0.25, 0.3) is 0 Å². The second-order valence-electron chi connectivity index (χ2n) is 7.65. The van der Waals surface area contributed by atoms with Gasteiger partial charge in [-0.05, 0) is 50.8 Å². The summed E-state index contributed by atoms with van der Waals surface area (Å²) in [7, 11) is 0. The van der Waals surface area contributed by atoms with Crippen LogP contribution in [0.1, 0.15) is 31.2 Å². The number of hydrogen-bond donors (Lipinski definition) is 2. The first kappa shape index (κ1) is 20.9. The SMILES string of the molecule is O=C(NCC1CCCN(Cc2ccccc2OCC(F)(F)F)C1)C1CCCN1. The maximum Gasteiger partial charge on any atom is 0.422 e. The normalized spacial score (nSPS) is 23.5. The Hall–Kier alpha value is -1.80. The Balaban J connectivity index is 1.50. The lowest BCUT2D eigenvalue weighted by Gasteiger charge is -2.33. The van der Waals surface area contributed by atoms with Crippen molar-refractivity contribution in [1.29, 1.82) is 0 Å². The Morgan fingerprint density at radius 1 is 1.25 bits per heavy atom. The number of nitrogens with zero attached hydrogens (tertiary/aromatic N) is 1. The number of piperidine rings is 1. The van der Waals surface area contributed by atoms with Crippen LogP contribution in [-0.2, 0) is 11.3 Å². The summed E-state index contributed by atoms with van der Waals surface area (Å²) in [6, 6.07) is 6.81. The van der Waals surface area contributed by atoms with Crippen LogP contribution in [0.5, 0.6) is 5.75 Å². The third-order valence-electron chi connectivity index (χ3n) is 5.30. The van der Waals surface area contributed by atoms with Gasteiger partial charge in [0.1, 0.15) is 5.75 Å². The zero-order valence-electron chi connectivity index (χ0n) is 15.9. The van der Waals surface area contributed by atoms with Gasteiger partial charge >= 0.3 is 6.18 Å². The molecule has 2 N–H and O–H groups in total. The fourth-order valence-electron chi connectivity index (χ4n) is 3.91. The van der Waals surface area contributed by atoms with E-state index in [2.05, 4.69) is 15.5 Å². The first-order chi connectivity index (χ1) is 13.4. The van der Waals surface area contributed by atoms with Gasteiger partial charge in [0.15, 0.2) is 6.61 Å². The van der Waals surface area contributed by atoms with Gasteiger partial charge < -0.3 is 15.4 Å². The summed E-state index contributed by atoms with van der Waals surface area (Å²) < 4.78 is 42.4. The van der Waals surface area contributed by atoms with Crippen LogP contribution in [0.15, 0.2) is 24.3 Å². The number of carbonyl (C=O) groups is 1. The van der Waals surface area contributed by atoms with Gasteiger partial charge in [0, 0.05) is 25.2 Å². The van der Waals surface area contributed by atoms with Crippen molar-refractivity contribution in [3.63, 3.8) is 0 Å². The number of carbonyl (C=O) groups excluding carboxylic acids is 1. The van der Waals surface area contributed by atoms with Crippen LogP contribution in [0.25, 0.3) is 0 Å². The first-order valence-corrected chi connectivity index (χ1v) is 9.91. The minimum Gasteiger partial charge on any atom is -0.484 e. The maximum atomic E-state index is 12.5. The fourth-order valence-corrected chi connectivity index (χ4v) is 3.91. The second-order valence-corrected chi connectivity index (χ2v) is 7.65. The molecule has 2 heterocycles. The Morgan fingerprint density at radius 3 is 2.82 bits per heavy atom. The molecule has 2 atom stereocenters. The van der Waals surface area contributed by atoms with E-state index in [4.69, 9.17) is 4.74 Å². The minimum atomic E-state index is -4.35. The molecule has 0 aromatic heterocycles. The molecule has 3 rings (SSSR count). The second kappa shape index (κ2) is 9.60. The standard InChI is InChI=1S/C20H28F3N3O2/c21-20(22,23)14-28-18-8-2-1-6-16(18)13-26-10-4-5-15(12-26)11-25-19(27)17-7-3-9-24-17/h1-2,6,8,15,17,24H,3-5,7,9-14H2,(H,25,27). The molecular formula is C20H28F3N3O2. The van der Waals surface area contributed by atoms with E-state index in [1.807, 2.05) is 12.1 Å². The van der Waals surface area contributed by atoms with Crippen LogP contribution >= 0.6 is 0 Å². The molecule has 2 aliphatic heterocycles. The molecule has 0 saturated carbocycles. The maximum absolute atomic E-state index is 12.5. The van der Waals surface area contributed by atoms with Crippen molar-refractivity contribution in [2.45, 2.75) is 44.4 Å². The molecule has 1 amide bonds. The summed E-state index contributed by atoms with van der Waals surface area (Å²) in [6.07, 6.45) is -0.382. The molecule has 0 bridgehead atoms. The lowest BCUT2D eigenvalue weighted by Crippen LogP contribution is -2.45. The van der Waals surface area contributed by atoms with E-state index in [0.717, 1.165) is 50.9 Å². The van der Waals surface area contributed by atoms with E-state index in [1.165, 1.54) is 0 Å². The molecule has 2 fully saturated rings. The molecule has 2 aliphatic rings. The first-order valence-electron chi connectivity index (χ1n) is 9.91. The number of alkyl halides is 3. The highest BCUT2D eigenvalue weighted by Gasteiger charge is 2.29. The lowest BCUT2D eigenvalue weighted by atomic mass is 9.97. The highest BCUT2D eigenvalue weighted by atomic mass is 19.4. The summed E-state index contributed by atoms with van der Waals surface area (Å²) in [5, 5.41) is 6.25. The lowest BCUT2D eigenvalue weighted by molar-refractivity contribution is -0.153. The highest BCUT2D eigenvalue weighted by Crippen LogP contribution is 2.25. The Kier molecular flexibility index (Phi) is 7.18. The molecule has 5 nitrogen and oxygen atoms in total. The number of nitrogens with one attached hydrogen (secondary N) is 2. The van der Waals surface area contributed by atoms with Crippen molar-refractivity contribution in [1.82, 2.24) is 15.5 Å². The van der Waals surface area contributed by atoms with E-state index < -0.39 is 12.8 Å². The molecule has 2 unspecified atom stereocenters. The molecule has 156 valence electrons. The number of rotatable bonds is 7. The molecular weight excluding hydrogens is 371 g/mol. The molecule has 2 saturated heterocycles. The van der Waals surface area contributed by atoms with Crippen molar-refractivity contribution >= 4 is 5.91 Å². The van der Waals surface area contributed by atoms with E-state index in [-0.39, 0.29) is 17.7 Å². The fraction of sp³-hybridized carbons (Fsp3) is 0.650. The van der Waals surface area contributed by atoms with Gasteiger partial charge in [0.2, 0.25) is 5.91 Å². The summed E-state index contributed by atoms with van der Waals surface area (Å²) in [5.74, 6) is 0.699. The minimum absolute atomic E-state index is 0.0699. The van der Waals surface area contributed by atoms with Gasteiger partial charge in [-0.15, -0.1) is 0 Å². The summed E-state index contributed by atoms with van der Waals surface area (Å²) in [5.41, 5.74) is 0.756. The van der Waals surface area contributed by atoms with Crippen LogP contribution < -0.4 is 15.4 Å². The predicted octanol–water partition coefficient (Wildman–Crippen LogP) is 2.71. The molecule has 28 heavy (non-hydrogen) atoms. The quantitative estimate of drug-likeness (QED) is 0.740. The molecule has 0 spiro atoms.